The van der Waals surface area contributed by atoms with Gasteiger partial charge in [0.15, 0.2) is 0 Å². The van der Waals surface area contributed by atoms with Crippen LogP contribution in [0.15, 0.2) is 23.1 Å². The summed E-state index contributed by atoms with van der Waals surface area (Å²) in [4.78, 5) is 11.1. The number of carbonyl (C=O) groups is 1. The maximum absolute atomic E-state index is 12.2. The maximum Gasteiger partial charge on any atom is 0.240 e. The molecule has 0 saturated heterocycles. The summed E-state index contributed by atoms with van der Waals surface area (Å²) in [5.74, 6) is 0.0240. The molecule has 0 aliphatic carbocycles. The Hall–Kier alpha value is -1.64. The maximum atomic E-state index is 12.2. The molecular formula is C13H20N2O5S. The molecule has 0 spiro atoms. The van der Waals surface area contributed by atoms with Gasteiger partial charge >= 0.3 is 0 Å². The van der Waals surface area contributed by atoms with Crippen LogP contribution >= 0.6 is 0 Å². The summed E-state index contributed by atoms with van der Waals surface area (Å²) >= 11 is 0. The number of sulfonamides is 1. The molecule has 1 rings (SSSR count). The average Bonchev–Trinajstić information content (AvgIpc) is 2.44. The molecular weight excluding hydrogens is 296 g/mol. The second-order valence-electron chi connectivity index (χ2n) is 4.45. The van der Waals surface area contributed by atoms with Crippen molar-refractivity contribution in [1.29, 1.82) is 0 Å². The van der Waals surface area contributed by atoms with Crippen molar-refractivity contribution >= 4 is 21.6 Å². The van der Waals surface area contributed by atoms with Gasteiger partial charge in [0, 0.05) is 13.0 Å². The molecule has 1 aromatic carbocycles. The van der Waals surface area contributed by atoms with Crippen LogP contribution < -0.4 is 14.8 Å². The Morgan fingerprint density at radius 1 is 1.43 bits per heavy atom. The predicted octanol–water partition coefficient (Wildman–Crippen LogP) is 0.703. The van der Waals surface area contributed by atoms with Crippen LogP contribution in [0.3, 0.4) is 0 Å². The minimum absolute atomic E-state index is 0.0149. The van der Waals surface area contributed by atoms with E-state index in [1.807, 2.05) is 0 Å². The second-order valence-corrected chi connectivity index (χ2v) is 6.17. The fourth-order valence-electron chi connectivity index (χ4n) is 1.68. The zero-order valence-corrected chi connectivity index (χ0v) is 13.0. The largest absolute Gasteiger partial charge is 0.495 e. The number of rotatable bonds is 7. The molecule has 0 radical (unpaired) electrons. The van der Waals surface area contributed by atoms with Gasteiger partial charge in [-0.15, -0.1) is 0 Å². The number of benzene rings is 1. The van der Waals surface area contributed by atoms with Crippen LogP contribution in [0.4, 0.5) is 5.69 Å². The lowest BCUT2D eigenvalue weighted by Crippen LogP contribution is -2.36. The quantitative estimate of drug-likeness (QED) is 0.687. The van der Waals surface area contributed by atoms with Crippen molar-refractivity contribution in [2.75, 3.05) is 19.0 Å². The van der Waals surface area contributed by atoms with Crippen molar-refractivity contribution in [2.24, 2.45) is 0 Å². The van der Waals surface area contributed by atoms with E-state index in [1.54, 1.807) is 6.92 Å². The van der Waals surface area contributed by atoms with Gasteiger partial charge in [-0.3, -0.25) is 4.79 Å². The monoisotopic (exact) mass is 316 g/mol. The third kappa shape index (κ3) is 4.69. The molecule has 0 aliphatic heterocycles. The lowest BCUT2D eigenvalue weighted by molar-refractivity contribution is -0.114. The molecule has 3 N–H and O–H groups in total. The second kappa shape index (κ2) is 7.39. The van der Waals surface area contributed by atoms with Gasteiger partial charge in [0.25, 0.3) is 0 Å². The lowest BCUT2D eigenvalue weighted by Gasteiger charge is -2.16. The van der Waals surface area contributed by atoms with E-state index in [0.29, 0.717) is 12.2 Å². The van der Waals surface area contributed by atoms with E-state index in [1.165, 1.54) is 32.2 Å². The summed E-state index contributed by atoms with van der Waals surface area (Å²) in [6, 6.07) is 3.59. The van der Waals surface area contributed by atoms with Crippen molar-refractivity contribution in [1.82, 2.24) is 4.72 Å². The van der Waals surface area contributed by atoms with Gasteiger partial charge in [0.2, 0.25) is 15.9 Å². The Bertz CT molecular complexity index is 597. The van der Waals surface area contributed by atoms with Crippen LogP contribution in [-0.4, -0.2) is 39.2 Å². The first kappa shape index (κ1) is 17.4. The van der Waals surface area contributed by atoms with Crippen LogP contribution in [0.5, 0.6) is 5.75 Å². The summed E-state index contributed by atoms with van der Waals surface area (Å²) in [5.41, 5.74) is 0.268. The first-order valence-corrected chi connectivity index (χ1v) is 7.91. The van der Waals surface area contributed by atoms with Gasteiger partial charge in [-0.2, -0.15) is 0 Å². The van der Waals surface area contributed by atoms with E-state index in [2.05, 4.69) is 10.0 Å². The fraction of sp³-hybridized carbons (Fsp3) is 0.462. The van der Waals surface area contributed by atoms with E-state index in [9.17, 15) is 13.2 Å². The number of nitrogens with one attached hydrogen (secondary N) is 2. The van der Waals surface area contributed by atoms with E-state index in [4.69, 9.17) is 9.84 Å². The third-order valence-corrected chi connectivity index (χ3v) is 4.35. The van der Waals surface area contributed by atoms with E-state index in [-0.39, 0.29) is 23.1 Å². The van der Waals surface area contributed by atoms with Crippen LogP contribution in [0.25, 0.3) is 0 Å². The number of aliphatic hydroxyl groups is 1. The Morgan fingerprint density at radius 3 is 2.57 bits per heavy atom. The highest BCUT2D eigenvalue weighted by atomic mass is 32.2. The average molecular weight is 316 g/mol. The minimum Gasteiger partial charge on any atom is -0.495 e. The number of amides is 1. The Labute approximate surface area is 124 Å². The first-order chi connectivity index (χ1) is 9.83. The molecule has 0 saturated carbocycles. The molecule has 0 unspecified atom stereocenters. The number of hydrogen-bond acceptors (Lipinski definition) is 5. The topological polar surface area (TPSA) is 105 Å². The van der Waals surface area contributed by atoms with Crippen molar-refractivity contribution in [3.8, 4) is 5.75 Å². The van der Waals surface area contributed by atoms with Crippen molar-refractivity contribution < 1.29 is 23.1 Å². The van der Waals surface area contributed by atoms with Gasteiger partial charge in [-0.05, 0) is 24.6 Å². The Morgan fingerprint density at radius 2 is 2.10 bits per heavy atom. The number of ether oxygens (including phenoxy) is 1. The van der Waals surface area contributed by atoms with Gasteiger partial charge in [-0.1, -0.05) is 6.92 Å². The molecule has 0 fully saturated rings. The number of hydrogen-bond donors (Lipinski definition) is 3. The van der Waals surface area contributed by atoms with Crippen LogP contribution in [0.2, 0.25) is 0 Å². The molecule has 0 bridgehead atoms. The molecule has 8 heteroatoms. The Kier molecular flexibility index (Phi) is 6.13. The molecule has 0 aromatic heterocycles. The van der Waals surface area contributed by atoms with Crippen LogP contribution in [0.1, 0.15) is 20.3 Å². The predicted molar refractivity (Wildman–Crippen MR) is 78.8 cm³/mol. The van der Waals surface area contributed by atoms with Gasteiger partial charge in [0.05, 0.1) is 24.3 Å². The summed E-state index contributed by atoms with van der Waals surface area (Å²) in [6.45, 7) is 2.79. The number of aliphatic hydroxyl groups excluding tert-OH is 1. The Balaban J connectivity index is 3.15. The number of methoxy groups -OCH3 is 1. The zero-order valence-electron chi connectivity index (χ0n) is 12.2. The molecule has 118 valence electrons. The van der Waals surface area contributed by atoms with Gasteiger partial charge in [-0.25, -0.2) is 13.1 Å². The lowest BCUT2D eigenvalue weighted by atomic mass is 10.3. The highest BCUT2D eigenvalue weighted by molar-refractivity contribution is 7.89. The van der Waals surface area contributed by atoms with Gasteiger partial charge in [0.1, 0.15) is 5.75 Å². The van der Waals surface area contributed by atoms with Crippen LogP contribution in [-0.2, 0) is 14.8 Å². The summed E-state index contributed by atoms with van der Waals surface area (Å²) in [7, 11) is -2.36. The van der Waals surface area contributed by atoms with E-state index < -0.39 is 16.1 Å². The highest BCUT2D eigenvalue weighted by Crippen LogP contribution is 2.27. The molecule has 0 aliphatic rings. The summed E-state index contributed by atoms with van der Waals surface area (Å²) < 4.78 is 31.9. The number of anilines is 1. The van der Waals surface area contributed by atoms with Crippen LogP contribution in [0, 0.1) is 0 Å². The molecule has 1 aromatic rings. The standard InChI is InChI=1S/C13H20N2O5S/c1-4-10(8-16)15-21(18,19)11-5-6-13(20-3)12(7-11)14-9(2)17/h5-7,10,15-16H,4,8H2,1-3H3,(H,14,17)/t10-/m0/s1. The molecule has 0 heterocycles. The molecule has 21 heavy (non-hydrogen) atoms. The van der Waals surface area contributed by atoms with E-state index >= 15 is 0 Å². The SMILES string of the molecule is CC[C@@H](CO)NS(=O)(=O)c1ccc(OC)c(NC(C)=O)c1. The fourth-order valence-corrected chi connectivity index (χ4v) is 3.02. The van der Waals surface area contributed by atoms with Crippen molar-refractivity contribution in [2.45, 2.75) is 31.2 Å². The van der Waals surface area contributed by atoms with Crippen molar-refractivity contribution in [3.63, 3.8) is 0 Å². The number of carbonyl (C=O) groups excluding carboxylic acids is 1. The summed E-state index contributed by atoms with van der Waals surface area (Å²) in [5, 5.41) is 11.6. The molecule has 1 amide bonds. The zero-order chi connectivity index (χ0) is 16.0. The van der Waals surface area contributed by atoms with E-state index in [0.717, 1.165) is 0 Å². The van der Waals surface area contributed by atoms with Gasteiger partial charge < -0.3 is 15.2 Å². The smallest absolute Gasteiger partial charge is 0.240 e. The van der Waals surface area contributed by atoms with Crippen molar-refractivity contribution in [3.05, 3.63) is 18.2 Å². The molecule has 1 atom stereocenters. The first-order valence-electron chi connectivity index (χ1n) is 6.42. The summed E-state index contributed by atoms with van der Waals surface area (Å²) in [6.07, 6.45) is 0.463. The third-order valence-electron chi connectivity index (χ3n) is 2.83. The normalized spacial score (nSPS) is 12.8. The minimum atomic E-state index is -3.78. The highest BCUT2D eigenvalue weighted by Gasteiger charge is 2.20. The molecule has 7 nitrogen and oxygen atoms in total.